The van der Waals surface area contributed by atoms with Crippen LogP contribution in [-0.2, 0) is 0 Å². The van der Waals surface area contributed by atoms with Crippen LogP contribution in [-0.4, -0.2) is 35.1 Å². The van der Waals surface area contributed by atoms with Crippen LogP contribution in [0.25, 0.3) is 0 Å². The lowest BCUT2D eigenvalue weighted by Gasteiger charge is -2.16. The molecule has 0 aliphatic heterocycles. The van der Waals surface area contributed by atoms with Gasteiger partial charge in [0.25, 0.3) is 0 Å². The van der Waals surface area contributed by atoms with Crippen molar-refractivity contribution in [1.29, 1.82) is 0 Å². The maximum Gasteiger partial charge on any atom is 0.417 e. The van der Waals surface area contributed by atoms with E-state index in [-0.39, 0.29) is 11.3 Å². The standard InChI is InChI=1S/C10H8F3IO4/c11-10(12,13)8(15)4-18-7-3-5(9(16)17)1-2-6(7)14/h1-3,8,15H,4H2,(H,16,17). The summed E-state index contributed by atoms with van der Waals surface area (Å²) in [7, 11) is 0. The number of carboxylic acids is 1. The van der Waals surface area contributed by atoms with Crippen LogP contribution in [0.2, 0.25) is 0 Å². The summed E-state index contributed by atoms with van der Waals surface area (Å²) in [4.78, 5) is 10.7. The maximum absolute atomic E-state index is 12.0. The van der Waals surface area contributed by atoms with Crippen LogP contribution >= 0.6 is 22.6 Å². The quantitative estimate of drug-likeness (QED) is 0.792. The number of hydrogen-bond acceptors (Lipinski definition) is 3. The zero-order chi connectivity index (χ0) is 13.9. The minimum atomic E-state index is -4.77. The molecule has 18 heavy (non-hydrogen) atoms. The van der Waals surface area contributed by atoms with Gasteiger partial charge in [0.1, 0.15) is 12.4 Å². The van der Waals surface area contributed by atoms with E-state index in [4.69, 9.17) is 14.9 Å². The van der Waals surface area contributed by atoms with Crippen LogP contribution in [0.4, 0.5) is 13.2 Å². The molecule has 1 unspecified atom stereocenters. The first kappa shape index (κ1) is 15.0. The summed E-state index contributed by atoms with van der Waals surface area (Å²) < 4.78 is 41.3. The Bertz CT molecular complexity index is 447. The molecule has 0 aliphatic rings. The number of ether oxygens (including phenoxy) is 1. The van der Waals surface area contributed by atoms with Crippen molar-refractivity contribution in [3.63, 3.8) is 0 Å². The fourth-order valence-corrected chi connectivity index (χ4v) is 1.50. The van der Waals surface area contributed by atoms with Gasteiger partial charge in [0, 0.05) is 0 Å². The minimum Gasteiger partial charge on any atom is -0.489 e. The molecule has 2 N–H and O–H groups in total. The highest BCUT2D eigenvalue weighted by atomic mass is 127. The number of carboxylic acid groups (broad SMARTS) is 1. The summed E-state index contributed by atoms with van der Waals surface area (Å²) in [5.41, 5.74) is -0.105. The van der Waals surface area contributed by atoms with Gasteiger partial charge in [0.2, 0.25) is 0 Å². The zero-order valence-electron chi connectivity index (χ0n) is 8.74. The molecule has 0 spiro atoms. The third kappa shape index (κ3) is 4.02. The summed E-state index contributed by atoms with van der Waals surface area (Å²) in [6.45, 7) is -0.984. The van der Waals surface area contributed by atoms with Gasteiger partial charge in [0.15, 0.2) is 6.10 Å². The fourth-order valence-electron chi connectivity index (χ4n) is 1.01. The third-order valence-corrected chi connectivity index (χ3v) is 2.84. The number of benzene rings is 1. The second kappa shape index (κ2) is 5.74. The van der Waals surface area contributed by atoms with E-state index in [9.17, 15) is 18.0 Å². The van der Waals surface area contributed by atoms with Gasteiger partial charge in [-0.15, -0.1) is 0 Å². The van der Waals surface area contributed by atoms with Crippen LogP contribution in [0, 0.1) is 3.57 Å². The second-order valence-electron chi connectivity index (χ2n) is 3.32. The highest BCUT2D eigenvalue weighted by molar-refractivity contribution is 14.1. The molecular formula is C10H8F3IO4. The van der Waals surface area contributed by atoms with E-state index < -0.39 is 24.9 Å². The first-order valence-electron chi connectivity index (χ1n) is 4.62. The molecule has 1 aromatic rings. The van der Waals surface area contributed by atoms with Crippen molar-refractivity contribution in [3.05, 3.63) is 27.3 Å². The summed E-state index contributed by atoms with van der Waals surface area (Å²) in [6.07, 6.45) is -7.38. The Morgan fingerprint density at radius 1 is 1.44 bits per heavy atom. The monoisotopic (exact) mass is 376 g/mol. The van der Waals surface area contributed by atoms with Crippen molar-refractivity contribution in [2.45, 2.75) is 12.3 Å². The molecule has 0 saturated heterocycles. The van der Waals surface area contributed by atoms with Crippen molar-refractivity contribution in [1.82, 2.24) is 0 Å². The van der Waals surface area contributed by atoms with Gasteiger partial charge in [-0.1, -0.05) is 0 Å². The van der Waals surface area contributed by atoms with Crippen LogP contribution in [0.3, 0.4) is 0 Å². The Kier molecular flexibility index (Phi) is 4.79. The topological polar surface area (TPSA) is 66.8 Å². The zero-order valence-corrected chi connectivity index (χ0v) is 10.9. The Balaban J connectivity index is 2.78. The number of rotatable bonds is 4. The molecule has 4 nitrogen and oxygen atoms in total. The third-order valence-electron chi connectivity index (χ3n) is 1.95. The number of aliphatic hydroxyl groups excluding tert-OH is 1. The van der Waals surface area contributed by atoms with E-state index in [1.54, 1.807) is 22.6 Å². The summed E-state index contributed by atoms with van der Waals surface area (Å²) in [6, 6.07) is 3.81. The lowest BCUT2D eigenvalue weighted by atomic mass is 10.2. The number of hydrogen-bond donors (Lipinski definition) is 2. The summed E-state index contributed by atoms with van der Waals surface area (Å²) in [5.74, 6) is -1.23. The SMILES string of the molecule is O=C(O)c1ccc(I)c(OCC(O)C(F)(F)F)c1. The van der Waals surface area contributed by atoms with E-state index >= 15 is 0 Å². The van der Waals surface area contributed by atoms with Crippen LogP contribution < -0.4 is 4.74 Å². The Morgan fingerprint density at radius 3 is 2.56 bits per heavy atom. The van der Waals surface area contributed by atoms with Gasteiger partial charge in [-0.2, -0.15) is 13.2 Å². The minimum absolute atomic E-state index is 0.0150. The molecule has 1 aromatic carbocycles. The molecule has 0 aromatic heterocycles. The number of halogens is 4. The summed E-state index contributed by atoms with van der Waals surface area (Å²) in [5, 5.41) is 17.5. The van der Waals surface area contributed by atoms with Gasteiger partial charge >= 0.3 is 12.1 Å². The van der Waals surface area contributed by atoms with Crippen molar-refractivity contribution in [2.24, 2.45) is 0 Å². The van der Waals surface area contributed by atoms with E-state index in [0.717, 1.165) is 6.07 Å². The van der Waals surface area contributed by atoms with Gasteiger partial charge < -0.3 is 14.9 Å². The Hall–Kier alpha value is -1.03. The molecule has 0 saturated carbocycles. The van der Waals surface area contributed by atoms with Crippen LogP contribution in [0.5, 0.6) is 5.75 Å². The maximum atomic E-state index is 12.0. The molecule has 8 heteroatoms. The fraction of sp³-hybridized carbons (Fsp3) is 0.300. The lowest BCUT2D eigenvalue weighted by Crippen LogP contribution is -2.34. The van der Waals surface area contributed by atoms with Crippen molar-refractivity contribution in [3.8, 4) is 5.75 Å². The van der Waals surface area contributed by atoms with Crippen molar-refractivity contribution < 1.29 is 32.9 Å². The van der Waals surface area contributed by atoms with E-state index in [0.29, 0.717) is 3.57 Å². The molecule has 100 valence electrons. The molecule has 0 amide bonds. The number of aromatic carboxylic acids is 1. The molecular weight excluding hydrogens is 368 g/mol. The van der Waals surface area contributed by atoms with Gasteiger partial charge in [-0.05, 0) is 40.8 Å². The lowest BCUT2D eigenvalue weighted by molar-refractivity contribution is -0.210. The number of carbonyl (C=O) groups is 1. The Morgan fingerprint density at radius 2 is 2.06 bits per heavy atom. The van der Waals surface area contributed by atoms with Gasteiger partial charge in [0.05, 0.1) is 9.13 Å². The Labute approximate surface area is 114 Å². The normalized spacial score (nSPS) is 13.2. The van der Waals surface area contributed by atoms with E-state index in [1.165, 1.54) is 12.1 Å². The molecule has 0 fully saturated rings. The second-order valence-corrected chi connectivity index (χ2v) is 4.48. The summed E-state index contributed by atoms with van der Waals surface area (Å²) >= 11 is 1.79. The smallest absolute Gasteiger partial charge is 0.417 e. The first-order chi connectivity index (χ1) is 8.21. The largest absolute Gasteiger partial charge is 0.489 e. The van der Waals surface area contributed by atoms with Gasteiger partial charge in [-0.3, -0.25) is 0 Å². The molecule has 1 atom stereocenters. The highest BCUT2D eigenvalue weighted by Gasteiger charge is 2.38. The first-order valence-corrected chi connectivity index (χ1v) is 5.70. The number of aliphatic hydroxyl groups is 1. The van der Waals surface area contributed by atoms with Crippen LogP contribution in [0.15, 0.2) is 18.2 Å². The predicted octanol–water partition coefficient (Wildman–Crippen LogP) is 2.29. The van der Waals surface area contributed by atoms with Gasteiger partial charge in [-0.25, -0.2) is 4.79 Å². The molecule has 1 rings (SSSR count). The average Bonchev–Trinajstić information content (AvgIpc) is 2.25. The average molecular weight is 376 g/mol. The molecule has 0 aliphatic carbocycles. The van der Waals surface area contributed by atoms with Crippen LogP contribution in [0.1, 0.15) is 10.4 Å². The van der Waals surface area contributed by atoms with Crippen molar-refractivity contribution >= 4 is 28.6 Å². The number of alkyl halides is 3. The van der Waals surface area contributed by atoms with Crippen molar-refractivity contribution in [2.75, 3.05) is 6.61 Å². The molecule has 0 bridgehead atoms. The highest BCUT2D eigenvalue weighted by Crippen LogP contribution is 2.25. The molecule has 0 radical (unpaired) electrons. The predicted molar refractivity (Wildman–Crippen MR) is 63.7 cm³/mol. The molecule has 0 heterocycles. The van der Waals surface area contributed by atoms with E-state index in [1.807, 2.05) is 0 Å². The van der Waals surface area contributed by atoms with E-state index in [2.05, 4.69) is 0 Å².